The number of H-pyrrole nitrogens is 2. The first kappa shape index (κ1) is 18.4. The van der Waals surface area contributed by atoms with Crippen LogP contribution in [-0.2, 0) is 6.54 Å². The highest BCUT2D eigenvalue weighted by molar-refractivity contribution is 7.71. The van der Waals surface area contributed by atoms with E-state index < -0.39 is 0 Å². The molecule has 0 aliphatic rings. The second kappa shape index (κ2) is 7.86. The maximum atomic E-state index is 12.6. The number of rotatable bonds is 6. The topological polar surface area (TPSA) is 88.8 Å². The highest BCUT2D eigenvalue weighted by Gasteiger charge is 2.12. The number of hydrogen-bond acceptors (Lipinski definition) is 4. The lowest BCUT2D eigenvalue weighted by molar-refractivity contribution is 0.347. The fourth-order valence-electron chi connectivity index (χ4n) is 2.53. The molecule has 0 spiro atoms. The first-order valence-corrected chi connectivity index (χ1v) is 8.52. The van der Waals surface area contributed by atoms with E-state index >= 15 is 0 Å². The van der Waals surface area contributed by atoms with Crippen molar-refractivity contribution in [2.45, 2.75) is 6.54 Å². The van der Waals surface area contributed by atoms with E-state index in [1.54, 1.807) is 29.0 Å². The molecule has 1 aromatic carbocycles. The normalized spacial score (nSPS) is 11.9. The number of nitrogens with zero attached hydrogens (tertiary/aromatic N) is 1. The van der Waals surface area contributed by atoms with Crippen LogP contribution in [0, 0.1) is 4.77 Å². The van der Waals surface area contributed by atoms with Crippen molar-refractivity contribution in [1.29, 1.82) is 0 Å². The number of aromatic nitrogens is 3. The average molecular weight is 395 g/mol. The first-order valence-electron chi connectivity index (χ1n) is 7.73. The number of halogens is 2. The quantitative estimate of drug-likeness (QED) is 0.560. The van der Waals surface area contributed by atoms with Gasteiger partial charge in [-0.2, -0.15) is 0 Å². The van der Waals surface area contributed by atoms with E-state index in [4.69, 9.17) is 34.3 Å². The molecule has 0 radical (unpaired) electrons. The van der Waals surface area contributed by atoms with Crippen LogP contribution >= 0.6 is 23.8 Å². The molecule has 0 saturated heterocycles. The lowest BCUT2D eigenvalue weighted by Gasteiger charge is -2.14. The minimum Gasteiger partial charge on any atom is -0.488 e. The molecule has 3 rings (SSSR count). The van der Waals surface area contributed by atoms with E-state index in [2.05, 4.69) is 9.97 Å². The van der Waals surface area contributed by atoms with E-state index in [1.165, 1.54) is 0 Å². The van der Waals surface area contributed by atoms with Crippen LogP contribution < -0.4 is 16.0 Å². The second-order valence-electron chi connectivity index (χ2n) is 5.57. The van der Waals surface area contributed by atoms with Crippen LogP contribution in [0.3, 0.4) is 0 Å². The van der Waals surface area contributed by atoms with Crippen LogP contribution in [0.5, 0.6) is 5.75 Å². The summed E-state index contributed by atoms with van der Waals surface area (Å²) in [5, 5.41) is 0.388. The zero-order valence-electron chi connectivity index (χ0n) is 13.6. The van der Waals surface area contributed by atoms with Gasteiger partial charge in [-0.3, -0.25) is 9.78 Å². The standard InChI is InChI=1S/C17H16ClFN4O2S/c18-14-11(2-1-3-13(14)25-9-10(6-19)7-20)8-23-12-4-5-21-15(12)16(24)22-17(23)26/h1-6,21H,7-9,20H2,(H,22,24,26)/b10-6+. The summed E-state index contributed by atoms with van der Waals surface area (Å²) >= 11 is 11.7. The Balaban J connectivity index is 1.95. The number of nitrogens with one attached hydrogen (secondary N) is 2. The first-order chi connectivity index (χ1) is 12.5. The molecule has 0 amide bonds. The van der Waals surface area contributed by atoms with Gasteiger partial charge < -0.3 is 20.0 Å². The summed E-state index contributed by atoms with van der Waals surface area (Å²) in [7, 11) is 0. The summed E-state index contributed by atoms with van der Waals surface area (Å²) in [5.41, 5.74) is 7.32. The van der Waals surface area contributed by atoms with Crippen LogP contribution in [0.15, 0.2) is 47.2 Å². The van der Waals surface area contributed by atoms with E-state index in [9.17, 15) is 9.18 Å². The molecule has 0 unspecified atom stereocenters. The summed E-state index contributed by atoms with van der Waals surface area (Å²) < 4.78 is 20.2. The SMILES string of the molecule is NC/C(=C\F)COc1cccc(Cn2c(=S)[nH]c(=O)c3[nH]ccc32)c1Cl. The predicted molar refractivity (Wildman–Crippen MR) is 102 cm³/mol. The van der Waals surface area contributed by atoms with Crippen molar-refractivity contribution in [2.24, 2.45) is 5.73 Å². The van der Waals surface area contributed by atoms with E-state index in [-0.39, 0.29) is 23.5 Å². The van der Waals surface area contributed by atoms with Crippen molar-refractivity contribution in [3.63, 3.8) is 0 Å². The highest BCUT2D eigenvalue weighted by Crippen LogP contribution is 2.29. The van der Waals surface area contributed by atoms with Gasteiger partial charge in [-0.25, -0.2) is 4.39 Å². The van der Waals surface area contributed by atoms with Gasteiger partial charge in [0.25, 0.3) is 5.56 Å². The van der Waals surface area contributed by atoms with Gasteiger partial charge in [0.2, 0.25) is 0 Å². The van der Waals surface area contributed by atoms with Crippen molar-refractivity contribution in [3.8, 4) is 5.75 Å². The third kappa shape index (κ3) is 3.57. The number of fused-ring (bicyclic) bond motifs is 1. The van der Waals surface area contributed by atoms with Crippen molar-refractivity contribution in [1.82, 2.24) is 14.5 Å². The Morgan fingerprint density at radius 3 is 2.96 bits per heavy atom. The lowest BCUT2D eigenvalue weighted by Crippen LogP contribution is -2.15. The maximum absolute atomic E-state index is 12.6. The molecule has 9 heteroatoms. The van der Waals surface area contributed by atoms with Crippen LogP contribution in [-0.4, -0.2) is 27.7 Å². The van der Waals surface area contributed by atoms with Crippen LogP contribution in [0.25, 0.3) is 11.0 Å². The van der Waals surface area contributed by atoms with Gasteiger partial charge in [0.15, 0.2) is 4.77 Å². The summed E-state index contributed by atoms with van der Waals surface area (Å²) in [6.07, 6.45) is 2.10. The molecule has 2 heterocycles. The molecule has 136 valence electrons. The molecule has 26 heavy (non-hydrogen) atoms. The van der Waals surface area contributed by atoms with Gasteiger partial charge in [-0.05, 0) is 29.9 Å². The van der Waals surface area contributed by atoms with Crippen LogP contribution in [0.4, 0.5) is 4.39 Å². The molecule has 0 aliphatic heterocycles. The van der Waals surface area contributed by atoms with Gasteiger partial charge in [0.05, 0.1) is 23.4 Å². The monoisotopic (exact) mass is 394 g/mol. The molecule has 0 fully saturated rings. The summed E-state index contributed by atoms with van der Waals surface area (Å²) in [5.74, 6) is 0.415. The van der Waals surface area contributed by atoms with E-state index in [0.29, 0.717) is 40.3 Å². The Hall–Kier alpha value is -2.42. The highest BCUT2D eigenvalue weighted by atomic mass is 35.5. The summed E-state index contributed by atoms with van der Waals surface area (Å²) in [6.45, 7) is 0.408. The number of hydrogen-bond donors (Lipinski definition) is 3. The minimum atomic E-state index is -0.276. The van der Waals surface area contributed by atoms with Crippen molar-refractivity contribution >= 4 is 34.9 Å². The molecular weight excluding hydrogens is 379 g/mol. The molecule has 6 nitrogen and oxygen atoms in total. The Morgan fingerprint density at radius 1 is 1.42 bits per heavy atom. The number of nitrogens with two attached hydrogens (primary N) is 1. The van der Waals surface area contributed by atoms with Gasteiger partial charge in [-0.15, -0.1) is 0 Å². The molecule has 4 N–H and O–H groups in total. The largest absolute Gasteiger partial charge is 0.488 e. The summed E-state index contributed by atoms with van der Waals surface area (Å²) in [4.78, 5) is 17.5. The third-order valence-electron chi connectivity index (χ3n) is 3.91. The molecular formula is C17H16ClFN4O2S. The molecule has 0 bridgehead atoms. The minimum absolute atomic E-state index is 0.0102. The third-order valence-corrected chi connectivity index (χ3v) is 4.66. The summed E-state index contributed by atoms with van der Waals surface area (Å²) in [6, 6.07) is 7.07. The zero-order chi connectivity index (χ0) is 18.7. The van der Waals surface area contributed by atoms with E-state index in [1.807, 2.05) is 6.07 Å². The van der Waals surface area contributed by atoms with Gasteiger partial charge in [0, 0.05) is 18.3 Å². The fourth-order valence-corrected chi connectivity index (χ4v) is 3.02. The van der Waals surface area contributed by atoms with Gasteiger partial charge in [-0.1, -0.05) is 23.7 Å². The number of ether oxygens (including phenoxy) is 1. The van der Waals surface area contributed by atoms with E-state index in [0.717, 1.165) is 5.56 Å². The predicted octanol–water partition coefficient (Wildman–Crippen LogP) is 3.28. The Bertz CT molecular complexity index is 1090. The Kier molecular flexibility index (Phi) is 5.55. The van der Waals surface area contributed by atoms with Crippen LogP contribution in [0.2, 0.25) is 5.02 Å². The fraction of sp³-hybridized carbons (Fsp3) is 0.176. The Labute approximate surface area is 158 Å². The molecule has 0 saturated carbocycles. The Morgan fingerprint density at radius 2 is 2.23 bits per heavy atom. The maximum Gasteiger partial charge on any atom is 0.276 e. The molecule has 0 aliphatic carbocycles. The molecule has 0 atom stereocenters. The van der Waals surface area contributed by atoms with Gasteiger partial charge in [0.1, 0.15) is 17.9 Å². The average Bonchev–Trinajstić information content (AvgIpc) is 3.12. The van der Waals surface area contributed by atoms with Crippen molar-refractivity contribution in [2.75, 3.05) is 13.2 Å². The second-order valence-corrected chi connectivity index (χ2v) is 6.34. The van der Waals surface area contributed by atoms with Gasteiger partial charge >= 0.3 is 0 Å². The number of benzene rings is 1. The smallest absolute Gasteiger partial charge is 0.276 e. The zero-order valence-corrected chi connectivity index (χ0v) is 15.2. The van der Waals surface area contributed by atoms with Crippen LogP contribution in [0.1, 0.15) is 5.56 Å². The number of aromatic amines is 2. The molecule has 2 aromatic heterocycles. The molecule has 3 aromatic rings. The lowest BCUT2D eigenvalue weighted by atomic mass is 10.2. The van der Waals surface area contributed by atoms with Crippen molar-refractivity contribution in [3.05, 3.63) is 68.1 Å². The van der Waals surface area contributed by atoms with Crippen molar-refractivity contribution < 1.29 is 9.13 Å².